The number of benzene rings is 6. The highest BCUT2D eigenvalue weighted by Gasteiger charge is 2.59. The predicted molar refractivity (Wildman–Crippen MR) is 262 cm³/mol. The average Bonchev–Trinajstić information content (AvgIpc) is 3.65. The Labute approximate surface area is 370 Å². The van der Waals surface area contributed by atoms with Crippen LogP contribution in [0.2, 0.25) is 0 Å². The Hall–Kier alpha value is -5.98. The van der Waals surface area contributed by atoms with Gasteiger partial charge in [0.05, 0.1) is 5.41 Å². The third kappa shape index (κ3) is 5.52. The molecular formula is C58H48O3P2. The first-order chi connectivity index (χ1) is 30.9. The molecule has 12 rings (SSSR count). The summed E-state index contributed by atoms with van der Waals surface area (Å²) in [6.45, 7) is 2.35. The Kier molecular flexibility index (Phi) is 9.09. The summed E-state index contributed by atoms with van der Waals surface area (Å²) in [4.78, 5) is 0. The van der Waals surface area contributed by atoms with Crippen molar-refractivity contribution >= 4 is 47.0 Å². The third-order valence-electron chi connectivity index (χ3n) is 14.9. The minimum atomic E-state index is -3.31. The van der Waals surface area contributed by atoms with E-state index in [9.17, 15) is 0 Å². The second-order valence-electron chi connectivity index (χ2n) is 17.9. The number of aryl methyl sites for hydroxylation is 1. The minimum Gasteiger partial charge on any atom is -0.455 e. The van der Waals surface area contributed by atoms with Gasteiger partial charge < -0.3 is 13.9 Å². The van der Waals surface area contributed by atoms with Gasteiger partial charge in [-0.1, -0.05) is 195 Å². The topological polar surface area (TPSA) is 43.4 Å². The molecule has 308 valence electrons. The summed E-state index contributed by atoms with van der Waals surface area (Å²) in [5, 5.41) is 5.78. The summed E-state index contributed by atoms with van der Waals surface area (Å²) >= 11 is 0. The van der Waals surface area contributed by atoms with E-state index in [4.69, 9.17) is 4.74 Å². The molecule has 5 atom stereocenters. The Morgan fingerprint density at radius 2 is 1.32 bits per heavy atom. The molecule has 5 aliphatic carbocycles. The highest BCUT2D eigenvalue weighted by molar-refractivity contribution is 7.82. The van der Waals surface area contributed by atoms with Crippen molar-refractivity contribution in [3.05, 3.63) is 238 Å². The van der Waals surface area contributed by atoms with E-state index < -0.39 is 19.7 Å². The van der Waals surface area contributed by atoms with E-state index in [0.717, 1.165) is 85.9 Å². The fourth-order valence-corrected chi connectivity index (χ4v) is 18.7. The Bertz CT molecular complexity index is 3160. The van der Waals surface area contributed by atoms with Crippen LogP contribution in [-0.2, 0) is 21.0 Å². The summed E-state index contributed by atoms with van der Waals surface area (Å²) in [6.07, 6.45) is 24.2. The Balaban J connectivity index is 1.17. The Morgan fingerprint density at radius 1 is 0.635 bits per heavy atom. The number of rotatable bonds is 6. The highest BCUT2D eigenvalue weighted by atomic mass is 31.2. The first kappa shape index (κ1) is 38.7. The molecule has 0 fully saturated rings. The molecule has 1 aliphatic heterocycles. The lowest BCUT2D eigenvalue weighted by atomic mass is 9.60. The summed E-state index contributed by atoms with van der Waals surface area (Å²) in [5.41, 5.74) is 8.37. The zero-order valence-corrected chi connectivity index (χ0v) is 37.2. The van der Waals surface area contributed by atoms with Crippen LogP contribution in [-0.4, -0.2) is 11.3 Å². The predicted octanol–water partition coefficient (Wildman–Crippen LogP) is 13.6. The molecular weight excluding hydrogens is 807 g/mol. The lowest BCUT2D eigenvalue weighted by Gasteiger charge is -2.47. The normalized spacial score (nSPS) is 24.0. The fraction of sp³-hybridized carbons (Fsp3) is 0.172. The molecule has 6 aromatic rings. The van der Waals surface area contributed by atoms with Crippen LogP contribution in [0.15, 0.2) is 216 Å². The van der Waals surface area contributed by atoms with Gasteiger partial charge in [-0.2, -0.15) is 0 Å². The second kappa shape index (κ2) is 14.8. The van der Waals surface area contributed by atoms with Crippen molar-refractivity contribution in [1.82, 2.24) is 0 Å². The van der Waals surface area contributed by atoms with Crippen LogP contribution in [0.4, 0.5) is 0 Å². The van der Waals surface area contributed by atoms with Crippen LogP contribution in [0.3, 0.4) is 0 Å². The highest BCUT2D eigenvalue weighted by Crippen LogP contribution is 2.71. The second-order valence-corrected chi connectivity index (χ2v) is 23.9. The van der Waals surface area contributed by atoms with E-state index in [1.165, 1.54) is 27.9 Å². The van der Waals surface area contributed by atoms with Gasteiger partial charge in [0.15, 0.2) is 7.14 Å². The molecule has 0 amide bonds. The van der Waals surface area contributed by atoms with E-state index >= 15 is 9.13 Å². The van der Waals surface area contributed by atoms with Crippen molar-refractivity contribution in [2.75, 3.05) is 0 Å². The average molecular weight is 855 g/mol. The maximum absolute atomic E-state index is 16.6. The van der Waals surface area contributed by atoms with Crippen LogP contribution in [0.1, 0.15) is 54.9 Å². The molecule has 63 heavy (non-hydrogen) atoms. The quantitative estimate of drug-likeness (QED) is 0.157. The van der Waals surface area contributed by atoms with Crippen LogP contribution in [0, 0.1) is 5.92 Å². The molecule has 5 unspecified atom stereocenters. The van der Waals surface area contributed by atoms with Crippen molar-refractivity contribution in [1.29, 1.82) is 0 Å². The van der Waals surface area contributed by atoms with E-state index in [0.29, 0.717) is 6.42 Å². The SMILES string of the molecule is CC1C2=C(C=CC1P(=O)(c1ccccc1)C1C=CC=CC1)C1=C(C=C(P(=O)(c3ccccc3)c3ccccc3)CC1)C21c2ccc3c(c2Oc2c1ccc1ccccc21)C=CCC3. The first-order valence-corrected chi connectivity index (χ1v) is 26.1. The van der Waals surface area contributed by atoms with E-state index in [2.05, 4.69) is 122 Å². The monoisotopic (exact) mass is 854 g/mol. The van der Waals surface area contributed by atoms with Gasteiger partial charge in [0.25, 0.3) is 0 Å². The van der Waals surface area contributed by atoms with Gasteiger partial charge in [-0.25, -0.2) is 0 Å². The van der Waals surface area contributed by atoms with Gasteiger partial charge in [-0.05, 0) is 82.7 Å². The van der Waals surface area contributed by atoms with E-state index in [1.54, 1.807) is 0 Å². The standard InChI is InChI=1S/C58H48O3P2/c1-39-54(63(60,44-24-10-4-11-25-44)45-26-12-5-13-27-45)37-34-50-49-33-32-46(62(59,42-20-6-2-7-21-42)43-22-8-3-9-23-43)38-53(49)58(55(39)50)51-35-30-40-18-14-16-28-47(40)56(51)61-57-48-29-17-15-19-41(48)31-36-52(57)58/h2-14,16-18,20-26,28-31,34-39,45,54H,15,19,27,32-33H2,1H3. The maximum atomic E-state index is 16.6. The number of hydrogen-bond donors (Lipinski definition) is 0. The van der Waals surface area contributed by atoms with Gasteiger partial charge in [0.2, 0.25) is 0 Å². The molecule has 0 radical (unpaired) electrons. The summed E-state index contributed by atoms with van der Waals surface area (Å²) in [5.74, 6) is 1.63. The zero-order valence-electron chi connectivity index (χ0n) is 35.4. The lowest BCUT2D eigenvalue weighted by molar-refractivity contribution is 0.425. The third-order valence-corrected chi connectivity index (χ3v) is 22.0. The zero-order chi connectivity index (χ0) is 42.3. The number of fused-ring (bicyclic) bond motifs is 11. The first-order valence-electron chi connectivity index (χ1n) is 22.5. The molecule has 0 N–H and O–H groups in total. The van der Waals surface area contributed by atoms with Crippen molar-refractivity contribution in [2.45, 2.75) is 55.8 Å². The van der Waals surface area contributed by atoms with Crippen LogP contribution >= 0.6 is 14.3 Å². The van der Waals surface area contributed by atoms with E-state index in [-0.39, 0.29) is 17.2 Å². The number of hydrogen-bond acceptors (Lipinski definition) is 3. The molecule has 1 spiro atoms. The minimum absolute atomic E-state index is 0.131. The Morgan fingerprint density at radius 3 is 2.05 bits per heavy atom. The van der Waals surface area contributed by atoms with Gasteiger partial charge in [-0.3, -0.25) is 0 Å². The molecule has 1 heterocycles. The van der Waals surface area contributed by atoms with Gasteiger partial charge in [-0.15, -0.1) is 0 Å². The van der Waals surface area contributed by atoms with Crippen molar-refractivity contribution < 1.29 is 13.9 Å². The molecule has 0 aromatic heterocycles. The fourth-order valence-electron chi connectivity index (χ4n) is 12.1. The van der Waals surface area contributed by atoms with Crippen molar-refractivity contribution in [2.24, 2.45) is 5.92 Å². The van der Waals surface area contributed by atoms with Gasteiger partial charge in [0, 0.05) is 49.3 Å². The van der Waals surface area contributed by atoms with Crippen LogP contribution in [0.25, 0.3) is 16.8 Å². The molecule has 5 heteroatoms. The van der Waals surface area contributed by atoms with Crippen molar-refractivity contribution in [3.63, 3.8) is 0 Å². The number of ether oxygens (including phenoxy) is 1. The van der Waals surface area contributed by atoms with Crippen LogP contribution < -0.4 is 20.7 Å². The molecule has 0 saturated heterocycles. The smallest absolute Gasteiger partial charge is 0.167 e. The molecule has 3 nitrogen and oxygen atoms in total. The molecule has 6 aromatic carbocycles. The molecule has 0 bridgehead atoms. The lowest BCUT2D eigenvalue weighted by Crippen LogP contribution is -2.41. The summed E-state index contributed by atoms with van der Waals surface area (Å²) in [6, 6.07) is 48.3. The van der Waals surface area contributed by atoms with Gasteiger partial charge >= 0.3 is 0 Å². The molecule has 6 aliphatic rings. The van der Waals surface area contributed by atoms with E-state index in [1.807, 2.05) is 78.9 Å². The summed E-state index contributed by atoms with van der Waals surface area (Å²) < 4.78 is 40.4. The van der Waals surface area contributed by atoms with Crippen molar-refractivity contribution in [3.8, 4) is 11.5 Å². The molecule has 0 saturated carbocycles. The maximum Gasteiger partial charge on any atom is 0.167 e. The number of allylic oxidation sites excluding steroid dienone is 13. The summed E-state index contributed by atoms with van der Waals surface area (Å²) in [7, 11) is -6.47. The van der Waals surface area contributed by atoms with Gasteiger partial charge in [0.1, 0.15) is 18.6 Å². The van der Waals surface area contributed by atoms with Crippen LogP contribution in [0.5, 0.6) is 11.5 Å². The largest absolute Gasteiger partial charge is 0.455 e.